The van der Waals surface area contributed by atoms with Gasteiger partial charge in [0.25, 0.3) is 0 Å². The van der Waals surface area contributed by atoms with Gasteiger partial charge in [0.2, 0.25) is 0 Å². The molecule has 0 atom stereocenters. The molecule has 1 N–H and O–H groups in total. The van der Waals surface area contributed by atoms with Crippen LogP contribution < -0.4 is 10.2 Å². The lowest BCUT2D eigenvalue weighted by molar-refractivity contribution is 0.628. The van der Waals surface area contributed by atoms with E-state index in [9.17, 15) is 4.39 Å². The van der Waals surface area contributed by atoms with E-state index in [1.54, 1.807) is 24.5 Å². The van der Waals surface area contributed by atoms with Crippen LogP contribution in [-0.4, -0.2) is 23.1 Å². The number of hydrogen-bond acceptors (Lipinski definition) is 4. The van der Waals surface area contributed by atoms with Crippen molar-refractivity contribution in [1.82, 2.24) is 9.97 Å². The summed E-state index contributed by atoms with van der Waals surface area (Å²) in [6, 6.07) is 6.38. The average molecular weight is 274 g/mol. The van der Waals surface area contributed by atoms with E-state index in [2.05, 4.69) is 22.2 Å². The van der Waals surface area contributed by atoms with E-state index in [-0.39, 0.29) is 5.82 Å². The van der Waals surface area contributed by atoms with Gasteiger partial charge in [0, 0.05) is 18.8 Å². The minimum atomic E-state index is -0.241. The first-order valence-corrected chi connectivity index (χ1v) is 6.83. The molecule has 0 aliphatic heterocycles. The second kappa shape index (κ2) is 6.84. The Morgan fingerprint density at radius 3 is 2.55 bits per heavy atom. The van der Waals surface area contributed by atoms with Gasteiger partial charge < -0.3 is 10.2 Å². The Hall–Kier alpha value is -2.17. The predicted molar refractivity (Wildman–Crippen MR) is 79.9 cm³/mol. The van der Waals surface area contributed by atoms with Crippen LogP contribution >= 0.6 is 0 Å². The van der Waals surface area contributed by atoms with Crippen molar-refractivity contribution in [2.75, 3.05) is 23.3 Å². The SMILES string of the molecule is CCCNc1cncc(N(CC)c2ccc(F)cc2)n1. The molecule has 0 unspecified atom stereocenters. The molecule has 2 aromatic rings. The zero-order chi connectivity index (χ0) is 14.4. The van der Waals surface area contributed by atoms with E-state index >= 15 is 0 Å². The Bertz CT molecular complexity index is 542. The Kier molecular flexibility index (Phi) is 4.87. The first kappa shape index (κ1) is 14.2. The fourth-order valence-electron chi connectivity index (χ4n) is 1.92. The highest BCUT2D eigenvalue weighted by Crippen LogP contribution is 2.23. The van der Waals surface area contributed by atoms with E-state index in [0.29, 0.717) is 0 Å². The molecule has 1 aromatic carbocycles. The van der Waals surface area contributed by atoms with Crippen LogP contribution in [0, 0.1) is 5.82 Å². The second-order valence-corrected chi connectivity index (χ2v) is 4.41. The minimum absolute atomic E-state index is 0.241. The summed E-state index contributed by atoms with van der Waals surface area (Å²) in [5.74, 6) is 1.26. The van der Waals surface area contributed by atoms with Crippen molar-refractivity contribution in [2.45, 2.75) is 20.3 Å². The van der Waals surface area contributed by atoms with E-state index in [1.165, 1.54) is 12.1 Å². The normalized spacial score (nSPS) is 10.3. The number of aromatic nitrogens is 2. The molecule has 0 bridgehead atoms. The summed E-state index contributed by atoms with van der Waals surface area (Å²) in [4.78, 5) is 10.7. The van der Waals surface area contributed by atoms with Crippen LogP contribution in [0.5, 0.6) is 0 Å². The lowest BCUT2D eigenvalue weighted by Gasteiger charge is -2.22. The van der Waals surface area contributed by atoms with Crippen molar-refractivity contribution in [3.63, 3.8) is 0 Å². The third kappa shape index (κ3) is 3.44. The van der Waals surface area contributed by atoms with E-state index in [4.69, 9.17) is 0 Å². The van der Waals surface area contributed by atoms with Gasteiger partial charge in [0.1, 0.15) is 11.6 Å². The molecular weight excluding hydrogens is 255 g/mol. The largest absolute Gasteiger partial charge is 0.369 e. The summed E-state index contributed by atoms with van der Waals surface area (Å²) >= 11 is 0. The molecular formula is C15H19FN4. The zero-order valence-corrected chi connectivity index (χ0v) is 11.8. The summed E-state index contributed by atoms with van der Waals surface area (Å²) in [6.45, 7) is 5.72. The molecule has 0 saturated carbocycles. The summed E-state index contributed by atoms with van der Waals surface area (Å²) in [5.41, 5.74) is 0.899. The van der Waals surface area contributed by atoms with Gasteiger partial charge in [-0.2, -0.15) is 0 Å². The smallest absolute Gasteiger partial charge is 0.153 e. The van der Waals surface area contributed by atoms with Gasteiger partial charge in [-0.1, -0.05) is 6.92 Å². The maximum Gasteiger partial charge on any atom is 0.153 e. The van der Waals surface area contributed by atoms with Crippen molar-refractivity contribution in [3.8, 4) is 0 Å². The third-order valence-electron chi connectivity index (χ3n) is 2.91. The Morgan fingerprint density at radius 1 is 1.15 bits per heavy atom. The van der Waals surface area contributed by atoms with Crippen LogP contribution in [0.25, 0.3) is 0 Å². The molecule has 0 amide bonds. The van der Waals surface area contributed by atoms with Gasteiger partial charge in [0.05, 0.1) is 12.4 Å². The number of halogens is 1. The Balaban J connectivity index is 2.24. The Morgan fingerprint density at radius 2 is 1.90 bits per heavy atom. The number of anilines is 3. The Labute approximate surface area is 118 Å². The predicted octanol–water partition coefficient (Wildman–Crippen LogP) is 3.60. The summed E-state index contributed by atoms with van der Waals surface area (Å²) in [6.07, 6.45) is 4.45. The lowest BCUT2D eigenvalue weighted by atomic mass is 10.3. The molecule has 0 fully saturated rings. The van der Waals surface area contributed by atoms with E-state index in [0.717, 1.165) is 36.8 Å². The van der Waals surface area contributed by atoms with Crippen LogP contribution in [-0.2, 0) is 0 Å². The molecule has 2 rings (SSSR count). The van der Waals surface area contributed by atoms with Crippen molar-refractivity contribution < 1.29 is 4.39 Å². The number of hydrogen-bond donors (Lipinski definition) is 1. The molecule has 20 heavy (non-hydrogen) atoms. The van der Waals surface area contributed by atoms with Crippen LogP contribution in [0.2, 0.25) is 0 Å². The molecule has 1 aromatic heterocycles. The fourth-order valence-corrected chi connectivity index (χ4v) is 1.92. The maximum atomic E-state index is 13.0. The zero-order valence-electron chi connectivity index (χ0n) is 11.8. The van der Waals surface area contributed by atoms with Gasteiger partial charge in [0.15, 0.2) is 5.82 Å². The summed E-state index contributed by atoms with van der Waals surface area (Å²) in [7, 11) is 0. The van der Waals surface area contributed by atoms with Crippen molar-refractivity contribution in [2.24, 2.45) is 0 Å². The van der Waals surface area contributed by atoms with Gasteiger partial charge in [-0.05, 0) is 37.6 Å². The summed E-state index contributed by atoms with van der Waals surface area (Å²) in [5, 5.41) is 3.21. The van der Waals surface area contributed by atoms with Crippen molar-refractivity contribution >= 4 is 17.3 Å². The average Bonchev–Trinajstić information content (AvgIpc) is 2.48. The standard InChI is InChI=1S/C15H19FN4/c1-3-9-18-14-10-17-11-15(19-14)20(4-2)13-7-5-12(16)6-8-13/h5-8,10-11H,3-4,9H2,1-2H3,(H,18,19). The highest BCUT2D eigenvalue weighted by molar-refractivity contribution is 5.60. The molecule has 5 heteroatoms. The second-order valence-electron chi connectivity index (χ2n) is 4.41. The molecule has 0 aliphatic rings. The van der Waals surface area contributed by atoms with Crippen LogP contribution in [0.1, 0.15) is 20.3 Å². The highest BCUT2D eigenvalue weighted by atomic mass is 19.1. The molecule has 0 aliphatic carbocycles. The van der Waals surface area contributed by atoms with Crippen LogP contribution in [0.4, 0.5) is 21.7 Å². The quantitative estimate of drug-likeness (QED) is 0.874. The fraction of sp³-hybridized carbons (Fsp3) is 0.333. The van der Waals surface area contributed by atoms with E-state index < -0.39 is 0 Å². The maximum absolute atomic E-state index is 13.0. The van der Waals surface area contributed by atoms with Gasteiger partial charge >= 0.3 is 0 Å². The van der Waals surface area contributed by atoms with E-state index in [1.807, 2.05) is 11.8 Å². The van der Waals surface area contributed by atoms with Gasteiger partial charge in [-0.25, -0.2) is 9.37 Å². The first-order chi connectivity index (χ1) is 9.74. The van der Waals surface area contributed by atoms with Gasteiger partial charge in [-0.3, -0.25) is 4.98 Å². The van der Waals surface area contributed by atoms with Crippen molar-refractivity contribution in [3.05, 3.63) is 42.5 Å². The molecule has 0 saturated heterocycles. The highest BCUT2D eigenvalue weighted by Gasteiger charge is 2.09. The number of rotatable bonds is 6. The van der Waals surface area contributed by atoms with Crippen molar-refractivity contribution in [1.29, 1.82) is 0 Å². The number of benzene rings is 1. The number of nitrogens with zero attached hydrogens (tertiary/aromatic N) is 3. The molecule has 1 heterocycles. The topological polar surface area (TPSA) is 41.1 Å². The summed E-state index contributed by atoms with van der Waals surface area (Å²) < 4.78 is 13.0. The van der Waals surface area contributed by atoms with Gasteiger partial charge in [-0.15, -0.1) is 0 Å². The first-order valence-electron chi connectivity index (χ1n) is 6.83. The number of nitrogens with one attached hydrogen (secondary N) is 1. The minimum Gasteiger partial charge on any atom is -0.369 e. The third-order valence-corrected chi connectivity index (χ3v) is 2.91. The molecule has 0 radical (unpaired) electrons. The molecule has 0 spiro atoms. The lowest BCUT2D eigenvalue weighted by Crippen LogP contribution is -2.18. The molecule has 106 valence electrons. The molecule has 4 nitrogen and oxygen atoms in total. The van der Waals surface area contributed by atoms with Crippen LogP contribution in [0.15, 0.2) is 36.7 Å². The monoisotopic (exact) mass is 274 g/mol. The van der Waals surface area contributed by atoms with Crippen LogP contribution in [0.3, 0.4) is 0 Å².